The number of hydrogen-bond acceptors (Lipinski definition) is 8. The highest BCUT2D eigenvalue weighted by atomic mass is 16.4. The summed E-state index contributed by atoms with van der Waals surface area (Å²) in [6.07, 6.45) is 4.01. The van der Waals surface area contributed by atoms with E-state index in [1.54, 1.807) is 12.4 Å². The van der Waals surface area contributed by atoms with E-state index in [1.165, 1.54) is 0 Å². The molecule has 9 heteroatoms. The highest BCUT2D eigenvalue weighted by Crippen LogP contribution is 2.31. The highest BCUT2D eigenvalue weighted by Gasteiger charge is 2.30. The summed E-state index contributed by atoms with van der Waals surface area (Å²) in [4.78, 5) is 26.1. The second kappa shape index (κ2) is 9.43. The van der Waals surface area contributed by atoms with Crippen LogP contribution in [0, 0.1) is 6.92 Å². The maximum Gasteiger partial charge on any atom is 0.252 e. The SMILES string of the molecule is Cc1cnc(-c2cnc(Nc3ccc4c(c3)C(=O)NC(C)(C)C4)nc2N[C@H](CO)c2ccccc2)o1. The van der Waals surface area contributed by atoms with E-state index in [-0.39, 0.29) is 18.1 Å². The number of carbonyl (C=O) groups is 1. The molecule has 2 aromatic heterocycles. The lowest BCUT2D eigenvalue weighted by molar-refractivity contribution is 0.0897. The molecule has 9 nitrogen and oxygen atoms in total. The number of oxazole rings is 1. The number of benzene rings is 2. The predicted molar refractivity (Wildman–Crippen MR) is 137 cm³/mol. The number of hydrogen-bond donors (Lipinski definition) is 4. The Labute approximate surface area is 209 Å². The van der Waals surface area contributed by atoms with Gasteiger partial charge in [-0.1, -0.05) is 36.4 Å². The van der Waals surface area contributed by atoms with Crippen molar-refractivity contribution in [2.75, 3.05) is 17.2 Å². The normalized spacial score (nSPS) is 15.1. The van der Waals surface area contributed by atoms with E-state index in [9.17, 15) is 9.90 Å². The zero-order valence-corrected chi connectivity index (χ0v) is 20.4. The Kier molecular flexibility index (Phi) is 6.15. The number of aromatic nitrogens is 3. The highest BCUT2D eigenvalue weighted by molar-refractivity contribution is 5.98. The fourth-order valence-corrected chi connectivity index (χ4v) is 4.32. The molecule has 36 heavy (non-hydrogen) atoms. The molecule has 1 atom stereocenters. The predicted octanol–water partition coefficient (Wildman–Crippen LogP) is 4.39. The number of rotatable bonds is 7. The van der Waals surface area contributed by atoms with Gasteiger partial charge in [-0.25, -0.2) is 9.97 Å². The van der Waals surface area contributed by atoms with Crippen molar-refractivity contribution < 1.29 is 14.3 Å². The van der Waals surface area contributed by atoms with E-state index >= 15 is 0 Å². The fourth-order valence-electron chi connectivity index (χ4n) is 4.32. The molecule has 1 aliphatic rings. The molecule has 4 N–H and O–H groups in total. The smallest absolute Gasteiger partial charge is 0.252 e. The molecule has 2 aromatic carbocycles. The summed E-state index contributed by atoms with van der Waals surface area (Å²) < 4.78 is 5.72. The third-order valence-electron chi connectivity index (χ3n) is 6.03. The van der Waals surface area contributed by atoms with Crippen LogP contribution in [0.15, 0.2) is 65.3 Å². The van der Waals surface area contributed by atoms with Crippen molar-refractivity contribution in [3.05, 3.63) is 83.4 Å². The molecule has 0 bridgehead atoms. The molecule has 0 unspecified atom stereocenters. The third kappa shape index (κ3) is 4.92. The topological polar surface area (TPSA) is 125 Å². The number of aliphatic hydroxyl groups excluding tert-OH is 1. The van der Waals surface area contributed by atoms with Gasteiger partial charge in [0.25, 0.3) is 5.91 Å². The number of nitrogens with one attached hydrogen (secondary N) is 3. The molecule has 3 heterocycles. The van der Waals surface area contributed by atoms with Gasteiger partial charge in [0.05, 0.1) is 24.4 Å². The van der Waals surface area contributed by atoms with Gasteiger partial charge in [-0.3, -0.25) is 4.79 Å². The van der Waals surface area contributed by atoms with Crippen molar-refractivity contribution in [2.24, 2.45) is 0 Å². The Bertz CT molecular complexity index is 1400. The Morgan fingerprint density at radius 3 is 2.64 bits per heavy atom. The van der Waals surface area contributed by atoms with Crippen LogP contribution in [-0.2, 0) is 6.42 Å². The summed E-state index contributed by atoms with van der Waals surface area (Å²) in [6, 6.07) is 14.9. The number of aryl methyl sites for hydroxylation is 1. The summed E-state index contributed by atoms with van der Waals surface area (Å²) in [5.74, 6) is 1.71. The molecule has 1 aliphatic heterocycles. The van der Waals surface area contributed by atoms with Crippen molar-refractivity contribution in [2.45, 2.75) is 38.8 Å². The molecule has 0 aliphatic carbocycles. The summed E-state index contributed by atoms with van der Waals surface area (Å²) >= 11 is 0. The van der Waals surface area contributed by atoms with E-state index in [0.29, 0.717) is 40.2 Å². The zero-order valence-electron chi connectivity index (χ0n) is 20.4. The van der Waals surface area contributed by atoms with Crippen LogP contribution in [0.2, 0.25) is 0 Å². The minimum Gasteiger partial charge on any atom is -0.441 e. The van der Waals surface area contributed by atoms with Gasteiger partial charge >= 0.3 is 0 Å². The standard InChI is InChI=1S/C27H28N6O3/c1-16-13-28-25(36-16)21-14-29-26(32-23(21)31-22(15-34)17-7-5-4-6-8-17)30-19-10-9-18-12-27(2,3)33-24(35)20(18)11-19/h4-11,13-14,22,34H,12,15H2,1-3H3,(H,33,35)(H2,29,30,31,32)/t22-/m1/s1. The van der Waals surface area contributed by atoms with Crippen molar-refractivity contribution in [1.29, 1.82) is 0 Å². The Hall–Kier alpha value is -4.24. The first-order valence-corrected chi connectivity index (χ1v) is 11.8. The summed E-state index contributed by atoms with van der Waals surface area (Å²) in [6.45, 7) is 5.69. The van der Waals surface area contributed by atoms with Gasteiger partial charge in [0.15, 0.2) is 0 Å². The number of carbonyl (C=O) groups excluding carboxylic acids is 1. The monoisotopic (exact) mass is 484 g/mol. The maximum atomic E-state index is 12.6. The van der Waals surface area contributed by atoms with Gasteiger partial charge in [0.2, 0.25) is 11.8 Å². The van der Waals surface area contributed by atoms with Crippen molar-refractivity contribution in [3.8, 4) is 11.5 Å². The van der Waals surface area contributed by atoms with Crippen LogP contribution in [0.3, 0.4) is 0 Å². The first-order valence-electron chi connectivity index (χ1n) is 11.8. The Balaban J connectivity index is 1.47. The average Bonchev–Trinajstić information content (AvgIpc) is 3.29. The van der Waals surface area contributed by atoms with Gasteiger partial charge in [0.1, 0.15) is 11.6 Å². The van der Waals surface area contributed by atoms with Gasteiger partial charge in [-0.2, -0.15) is 4.98 Å². The maximum absolute atomic E-state index is 12.6. The summed E-state index contributed by atoms with van der Waals surface area (Å²) in [5.41, 5.74) is 3.52. The molecule has 0 spiro atoms. The number of anilines is 3. The molecule has 0 saturated heterocycles. The molecular formula is C27H28N6O3. The molecule has 4 aromatic rings. The van der Waals surface area contributed by atoms with E-state index in [1.807, 2.05) is 69.3 Å². The van der Waals surface area contributed by atoms with Gasteiger partial charge < -0.3 is 25.5 Å². The molecule has 0 saturated carbocycles. The number of aliphatic hydroxyl groups is 1. The summed E-state index contributed by atoms with van der Waals surface area (Å²) in [5, 5.41) is 19.6. The molecule has 0 radical (unpaired) electrons. The number of nitrogens with zero attached hydrogens (tertiary/aromatic N) is 3. The molecular weight excluding hydrogens is 456 g/mol. The number of fused-ring (bicyclic) bond motifs is 1. The van der Waals surface area contributed by atoms with Crippen LogP contribution in [0.25, 0.3) is 11.5 Å². The first kappa shape index (κ1) is 23.5. The molecule has 1 amide bonds. The minimum atomic E-state index is -0.403. The van der Waals surface area contributed by atoms with Crippen molar-refractivity contribution in [1.82, 2.24) is 20.3 Å². The van der Waals surface area contributed by atoms with Crippen molar-refractivity contribution in [3.63, 3.8) is 0 Å². The van der Waals surface area contributed by atoms with Crippen LogP contribution < -0.4 is 16.0 Å². The lowest BCUT2D eigenvalue weighted by Gasteiger charge is -2.32. The fraction of sp³-hybridized carbons (Fsp3) is 0.259. The van der Waals surface area contributed by atoms with E-state index < -0.39 is 6.04 Å². The van der Waals surface area contributed by atoms with Crippen LogP contribution in [0.1, 0.15) is 47.1 Å². The van der Waals surface area contributed by atoms with Crippen LogP contribution in [-0.4, -0.2) is 38.1 Å². The molecule has 0 fully saturated rings. The van der Waals surface area contributed by atoms with Gasteiger partial charge in [0, 0.05) is 23.0 Å². The Morgan fingerprint density at radius 2 is 1.92 bits per heavy atom. The largest absolute Gasteiger partial charge is 0.441 e. The third-order valence-corrected chi connectivity index (χ3v) is 6.03. The van der Waals surface area contributed by atoms with Crippen LogP contribution >= 0.6 is 0 Å². The minimum absolute atomic E-state index is 0.101. The molecule has 184 valence electrons. The molecule has 5 rings (SSSR count). The quantitative estimate of drug-likeness (QED) is 0.304. The second-order valence-electron chi connectivity index (χ2n) is 9.53. The van der Waals surface area contributed by atoms with E-state index in [2.05, 4.69) is 30.9 Å². The van der Waals surface area contributed by atoms with Gasteiger partial charge in [-0.05, 0) is 50.5 Å². The van der Waals surface area contributed by atoms with E-state index in [4.69, 9.17) is 4.42 Å². The lowest BCUT2D eigenvalue weighted by Crippen LogP contribution is -2.49. The zero-order chi connectivity index (χ0) is 25.3. The van der Waals surface area contributed by atoms with Crippen LogP contribution in [0.4, 0.5) is 17.5 Å². The van der Waals surface area contributed by atoms with Gasteiger partial charge in [-0.15, -0.1) is 0 Å². The Morgan fingerprint density at radius 1 is 1.11 bits per heavy atom. The average molecular weight is 485 g/mol. The number of amides is 1. The second-order valence-corrected chi connectivity index (χ2v) is 9.53. The lowest BCUT2D eigenvalue weighted by atomic mass is 9.87. The first-order chi connectivity index (χ1) is 17.3. The van der Waals surface area contributed by atoms with E-state index in [0.717, 1.165) is 17.5 Å². The summed E-state index contributed by atoms with van der Waals surface area (Å²) in [7, 11) is 0. The van der Waals surface area contributed by atoms with Crippen LogP contribution in [0.5, 0.6) is 0 Å². The van der Waals surface area contributed by atoms with Crippen molar-refractivity contribution >= 4 is 23.4 Å².